The van der Waals surface area contributed by atoms with Gasteiger partial charge in [0.2, 0.25) is 0 Å². The summed E-state index contributed by atoms with van der Waals surface area (Å²) < 4.78 is 5.30. The molecule has 2 fully saturated rings. The highest BCUT2D eigenvalue weighted by molar-refractivity contribution is 5.08. The predicted molar refractivity (Wildman–Crippen MR) is 54.5 cm³/mol. The minimum Gasteiger partial charge on any atom is -0.380 e. The molecule has 1 aromatic heterocycles. The molecule has 2 heterocycles. The molecule has 0 amide bonds. The average molecular weight is 208 g/mol. The van der Waals surface area contributed by atoms with E-state index in [1.54, 1.807) is 7.11 Å². The summed E-state index contributed by atoms with van der Waals surface area (Å²) in [5, 5.41) is 10.7. The minimum atomic E-state index is 0.287. The number of nitrogens with one attached hydrogen (secondary N) is 2. The van der Waals surface area contributed by atoms with Crippen molar-refractivity contribution in [3.63, 3.8) is 0 Å². The number of methoxy groups -OCH3 is 1. The maximum Gasteiger partial charge on any atom is 0.153 e. The summed E-state index contributed by atoms with van der Waals surface area (Å²) in [5.41, 5.74) is 0. The van der Waals surface area contributed by atoms with Crippen LogP contribution in [0.1, 0.15) is 42.9 Å². The standard InChI is InChI=1S/C10H16N4O/c1-15-7-4-8(11-5-7)10-12-9(13-14-10)6-2-3-6/h6-8,11H,2-5H2,1H3,(H,12,13,14)/t7-,8-/m1/s1. The van der Waals surface area contributed by atoms with Crippen molar-refractivity contribution in [3.05, 3.63) is 11.6 Å². The maximum absolute atomic E-state index is 5.30. The van der Waals surface area contributed by atoms with Crippen LogP contribution in [0, 0.1) is 0 Å². The summed E-state index contributed by atoms with van der Waals surface area (Å²) in [6, 6.07) is 0.287. The third-order valence-electron chi connectivity index (χ3n) is 3.22. The smallest absolute Gasteiger partial charge is 0.153 e. The van der Waals surface area contributed by atoms with Crippen LogP contribution >= 0.6 is 0 Å². The summed E-state index contributed by atoms with van der Waals surface area (Å²) in [6.45, 7) is 0.903. The first-order chi connectivity index (χ1) is 7.36. The second-order valence-electron chi connectivity index (χ2n) is 4.41. The van der Waals surface area contributed by atoms with Crippen LogP contribution in [0.4, 0.5) is 0 Å². The first-order valence-electron chi connectivity index (χ1n) is 5.55. The quantitative estimate of drug-likeness (QED) is 0.768. The zero-order valence-corrected chi connectivity index (χ0v) is 8.86. The molecule has 1 saturated carbocycles. The lowest BCUT2D eigenvalue weighted by Crippen LogP contribution is -2.16. The molecule has 0 spiro atoms. The monoisotopic (exact) mass is 208 g/mol. The van der Waals surface area contributed by atoms with Gasteiger partial charge in [0.25, 0.3) is 0 Å². The van der Waals surface area contributed by atoms with Crippen molar-refractivity contribution < 1.29 is 4.74 Å². The molecule has 15 heavy (non-hydrogen) atoms. The third kappa shape index (κ3) is 1.77. The third-order valence-corrected chi connectivity index (χ3v) is 3.22. The van der Waals surface area contributed by atoms with Crippen molar-refractivity contribution in [2.45, 2.75) is 37.3 Å². The fraction of sp³-hybridized carbons (Fsp3) is 0.800. The van der Waals surface area contributed by atoms with Gasteiger partial charge in [-0.15, -0.1) is 0 Å². The van der Waals surface area contributed by atoms with Crippen LogP contribution in [0.25, 0.3) is 0 Å². The second kappa shape index (κ2) is 3.57. The van der Waals surface area contributed by atoms with Crippen LogP contribution in [0.2, 0.25) is 0 Å². The highest BCUT2D eigenvalue weighted by Crippen LogP contribution is 2.38. The van der Waals surface area contributed by atoms with Crippen molar-refractivity contribution in [2.24, 2.45) is 0 Å². The van der Waals surface area contributed by atoms with Crippen molar-refractivity contribution >= 4 is 0 Å². The lowest BCUT2D eigenvalue weighted by Gasteiger charge is -2.05. The number of H-pyrrole nitrogens is 1. The summed E-state index contributed by atoms with van der Waals surface area (Å²) in [7, 11) is 1.75. The fourth-order valence-electron chi connectivity index (χ4n) is 2.06. The minimum absolute atomic E-state index is 0.287. The van der Waals surface area contributed by atoms with E-state index >= 15 is 0 Å². The van der Waals surface area contributed by atoms with Gasteiger partial charge >= 0.3 is 0 Å². The van der Waals surface area contributed by atoms with Crippen LogP contribution in [-0.4, -0.2) is 34.9 Å². The van der Waals surface area contributed by atoms with Gasteiger partial charge in [0.15, 0.2) is 5.82 Å². The van der Waals surface area contributed by atoms with Gasteiger partial charge in [-0.1, -0.05) is 0 Å². The molecule has 0 bridgehead atoms. The van der Waals surface area contributed by atoms with Crippen LogP contribution in [-0.2, 0) is 4.74 Å². The molecule has 0 aromatic carbocycles. The molecule has 0 unspecified atom stereocenters. The van der Waals surface area contributed by atoms with E-state index in [-0.39, 0.29) is 6.04 Å². The Hall–Kier alpha value is -0.940. The Labute approximate surface area is 88.6 Å². The lowest BCUT2D eigenvalue weighted by atomic mass is 10.2. The molecule has 1 aliphatic heterocycles. The average Bonchev–Trinajstić information content (AvgIpc) is 2.84. The Kier molecular flexibility index (Phi) is 2.21. The molecule has 3 rings (SSSR count). The molecule has 1 aliphatic carbocycles. The predicted octanol–water partition coefficient (Wildman–Crippen LogP) is 0.732. The Morgan fingerprint density at radius 2 is 2.27 bits per heavy atom. The highest BCUT2D eigenvalue weighted by Gasteiger charge is 2.31. The Balaban J connectivity index is 1.70. The number of rotatable bonds is 3. The van der Waals surface area contributed by atoms with Gasteiger partial charge in [-0.2, -0.15) is 5.10 Å². The van der Waals surface area contributed by atoms with Crippen molar-refractivity contribution in [1.82, 2.24) is 20.5 Å². The number of ether oxygens (including phenoxy) is 1. The molecule has 1 aromatic rings. The van der Waals surface area contributed by atoms with E-state index in [2.05, 4.69) is 20.5 Å². The van der Waals surface area contributed by atoms with Gasteiger partial charge in [-0.05, 0) is 19.3 Å². The molecule has 5 heteroatoms. The summed E-state index contributed by atoms with van der Waals surface area (Å²) >= 11 is 0. The van der Waals surface area contributed by atoms with E-state index in [4.69, 9.17) is 4.74 Å². The SMILES string of the molecule is CO[C@H]1CN[C@@H](c2nc(C3CC3)n[nH]2)C1. The van der Waals surface area contributed by atoms with Crippen LogP contribution in [0.3, 0.4) is 0 Å². The number of hydrogen-bond donors (Lipinski definition) is 2. The molecular formula is C10H16N4O. The van der Waals surface area contributed by atoms with Crippen LogP contribution in [0.15, 0.2) is 0 Å². The van der Waals surface area contributed by atoms with Crippen LogP contribution < -0.4 is 5.32 Å². The van der Waals surface area contributed by atoms with E-state index in [1.165, 1.54) is 12.8 Å². The largest absolute Gasteiger partial charge is 0.380 e. The van der Waals surface area contributed by atoms with Crippen molar-refractivity contribution in [2.75, 3.05) is 13.7 Å². The van der Waals surface area contributed by atoms with Gasteiger partial charge in [0.05, 0.1) is 12.1 Å². The summed E-state index contributed by atoms with van der Waals surface area (Å²) in [4.78, 5) is 4.54. The Morgan fingerprint density at radius 1 is 1.40 bits per heavy atom. The van der Waals surface area contributed by atoms with Crippen molar-refractivity contribution in [3.8, 4) is 0 Å². The van der Waals surface area contributed by atoms with E-state index in [0.717, 1.165) is 24.6 Å². The molecular weight excluding hydrogens is 192 g/mol. The number of nitrogens with zero attached hydrogens (tertiary/aromatic N) is 2. The topological polar surface area (TPSA) is 62.8 Å². The normalized spacial score (nSPS) is 31.0. The maximum atomic E-state index is 5.30. The van der Waals surface area contributed by atoms with Gasteiger partial charge < -0.3 is 10.1 Å². The van der Waals surface area contributed by atoms with Gasteiger partial charge in [-0.25, -0.2) is 4.98 Å². The molecule has 1 saturated heterocycles. The van der Waals surface area contributed by atoms with Crippen molar-refractivity contribution in [1.29, 1.82) is 0 Å². The summed E-state index contributed by atoms with van der Waals surface area (Å²) in [5.74, 6) is 2.58. The van der Waals surface area contributed by atoms with Gasteiger partial charge in [-0.3, -0.25) is 5.10 Å². The molecule has 82 valence electrons. The number of aromatic nitrogens is 3. The Morgan fingerprint density at radius 3 is 2.93 bits per heavy atom. The molecule has 2 aliphatic rings. The van der Waals surface area contributed by atoms with E-state index in [0.29, 0.717) is 12.0 Å². The van der Waals surface area contributed by atoms with E-state index < -0.39 is 0 Å². The van der Waals surface area contributed by atoms with Gasteiger partial charge in [0.1, 0.15) is 5.82 Å². The first kappa shape index (κ1) is 9.30. The highest BCUT2D eigenvalue weighted by atomic mass is 16.5. The molecule has 2 atom stereocenters. The zero-order valence-electron chi connectivity index (χ0n) is 8.86. The van der Waals surface area contributed by atoms with E-state index in [1.807, 2.05) is 0 Å². The summed E-state index contributed by atoms with van der Waals surface area (Å²) in [6.07, 6.45) is 3.78. The second-order valence-corrected chi connectivity index (χ2v) is 4.41. The van der Waals surface area contributed by atoms with Gasteiger partial charge in [0, 0.05) is 19.6 Å². The molecule has 5 nitrogen and oxygen atoms in total. The van der Waals surface area contributed by atoms with Crippen LogP contribution in [0.5, 0.6) is 0 Å². The van der Waals surface area contributed by atoms with E-state index in [9.17, 15) is 0 Å². The lowest BCUT2D eigenvalue weighted by molar-refractivity contribution is 0.117. The fourth-order valence-corrected chi connectivity index (χ4v) is 2.06. The Bertz CT molecular complexity index is 347. The first-order valence-corrected chi connectivity index (χ1v) is 5.55. The molecule has 2 N–H and O–H groups in total. The number of aromatic amines is 1. The zero-order chi connectivity index (χ0) is 10.3. The number of hydrogen-bond acceptors (Lipinski definition) is 4. The molecule has 0 radical (unpaired) electrons.